The summed E-state index contributed by atoms with van der Waals surface area (Å²) in [7, 11) is 0. The van der Waals surface area contributed by atoms with E-state index in [1.165, 1.54) is 6.07 Å². The second kappa shape index (κ2) is 2.09. The van der Waals surface area contributed by atoms with Crippen molar-refractivity contribution in [1.82, 2.24) is 0 Å². The minimum absolute atomic E-state index is 0.171. The summed E-state index contributed by atoms with van der Waals surface area (Å²) in [5, 5.41) is 0. The Labute approximate surface area is 77.7 Å². The van der Waals surface area contributed by atoms with Crippen LogP contribution in [-0.4, -0.2) is 6.10 Å². The maximum atomic E-state index is 13.0. The minimum atomic E-state index is -0.171. The summed E-state index contributed by atoms with van der Waals surface area (Å²) >= 11 is 3.25. The third kappa shape index (κ3) is 0.756. The van der Waals surface area contributed by atoms with Crippen LogP contribution in [0.5, 0.6) is 0 Å². The van der Waals surface area contributed by atoms with Gasteiger partial charge >= 0.3 is 0 Å². The zero-order valence-electron chi connectivity index (χ0n) is 6.18. The SMILES string of the molecule is Fc1ccc2c(c1Br)C[C@@H]1O[C@H]21. The summed E-state index contributed by atoms with van der Waals surface area (Å²) in [6, 6.07) is 3.32. The Hall–Kier alpha value is -0.410. The number of hydrogen-bond acceptors (Lipinski definition) is 1. The predicted octanol–water partition coefficient (Wildman–Crippen LogP) is 2.58. The Morgan fingerprint density at radius 2 is 2.33 bits per heavy atom. The maximum Gasteiger partial charge on any atom is 0.137 e. The Kier molecular flexibility index (Phi) is 1.23. The Balaban J connectivity index is 2.24. The van der Waals surface area contributed by atoms with E-state index in [0.717, 1.165) is 17.5 Å². The van der Waals surface area contributed by atoms with Gasteiger partial charge in [0.2, 0.25) is 0 Å². The van der Waals surface area contributed by atoms with Gasteiger partial charge in [-0.2, -0.15) is 0 Å². The molecule has 2 aliphatic rings. The lowest BCUT2D eigenvalue weighted by Gasteiger charge is -2.04. The van der Waals surface area contributed by atoms with Crippen LogP contribution in [0.1, 0.15) is 17.2 Å². The summed E-state index contributed by atoms with van der Waals surface area (Å²) in [6.07, 6.45) is 1.45. The molecular formula is C9H6BrFO. The van der Waals surface area contributed by atoms with Gasteiger partial charge in [-0.15, -0.1) is 0 Å². The van der Waals surface area contributed by atoms with E-state index < -0.39 is 0 Å². The fraction of sp³-hybridized carbons (Fsp3) is 0.333. The topological polar surface area (TPSA) is 12.5 Å². The normalized spacial score (nSPS) is 29.8. The number of benzene rings is 1. The fourth-order valence-electron chi connectivity index (χ4n) is 1.85. The fourth-order valence-corrected chi connectivity index (χ4v) is 2.38. The molecule has 1 saturated heterocycles. The van der Waals surface area contributed by atoms with Gasteiger partial charge < -0.3 is 4.74 Å². The van der Waals surface area contributed by atoms with Gasteiger partial charge in [0.15, 0.2) is 0 Å². The molecule has 0 unspecified atom stereocenters. The molecule has 1 aliphatic carbocycles. The van der Waals surface area contributed by atoms with Crippen LogP contribution < -0.4 is 0 Å². The molecule has 1 fully saturated rings. The molecule has 0 radical (unpaired) electrons. The standard InChI is InChI=1S/C9H6BrFO/c10-8-5-3-7-9(12-7)4(5)1-2-6(8)11/h1-2,7,9H,3H2/t7-,9+/m0/s1. The van der Waals surface area contributed by atoms with Crippen LogP contribution in [0.25, 0.3) is 0 Å². The van der Waals surface area contributed by atoms with Crippen LogP contribution in [0.4, 0.5) is 4.39 Å². The molecule has 0 spiro atoms. The van der Waals surface area contributed by atoms with Gasteiger partial charge in [-0.3, -0.25) is 0 Å². The van der Waals surface area contributed by atoms with E-state index in [4.69, 9.17) is 4.74 Å². The zero-order valence-corrected chi connectivity index (χ0v) is 7.77. The largest absolute Gasteiger partial charge is 0.364 e. The van der Waals surface area contributed by atoms with Crippen molar-refractivity contribution in [2.24, 2.45) is 0 Å². The van der Waals surface area contributed by atoms with E-state index in [1.807, 2.05) is 6.07 Å². The first-order valence-corrected chi connectivity index (χ1v) is 4.69. The highest BCUT2D eigenvalue weighted by Crippen LogP contribution is 2.50. The first-order chi connectivity index (χ1) is 5.77. The molecule has 0 N–H and O–H groups in total. The molecule has 0 bridgehead atoms. The number of ether oxygens (including phenoxy) is 1. The van der Waals surface area contributed by atoms with Crippen molar-refractivity contribution in [3.63, 3.8) is 0 Å². The molecule has 3 rings (SSSR count). The number of epoxide rings is 1. The van der Waals surface area contributed by atoms with Crippen molar-refractivity contribution in [2.45, 2.75) is 18.6 Å². The van der Waals surface area contributed by atoms with Gasteiger partial charge in [-0.25, -0.2) is 4.39 Å². The second-order valence-corrected chi connectivity index (χ2v) is 4.02. The highest BCUT2D eigenvalue weighted by molar-refractivity contribution is 9.10. The van der Waals surface area contributed by atoms with Gasteiger partial charge in [-0.1, -0.05) is 6.07 Å². The van der Waals surface area contributed by atoms with Crippen molar-refractivity contribution in [3.05, 3.63) is 33.5 Å². The summed E-state index contributed by atoms with van der Waals surface area (Å²) < 4.78 is 19.0. The van der Waals surface area contributed by atoms with Gasteiger partial charge in [0.25, 0.3) is 0 Å². The molecule has 2 atom stereocenters. The first kappa shape index (κ1) is 7.04. The molecule has 0 amide bonds. The molecule has 1 nitrogen and oxygen atoms in total. The summed E-state index contributed by atoms with van der Waals surface area (Å²) in [5.41, 5.74) is 2.25. The van der Waals surface area contributed by atoms with Crippen molar-refractivity contribution >= 4 is 15.9 Å². The molecule has 0 saturated carbocycles. The smallest absolute Gasteiger partial charge is 0.137 e. The third-order valence-corrected chi connectivity index (χ3v) is 3.38. The monoisotopic (exact) mass is 228 g/mol. The Morgan fingerprint density at radius 1 is 1.50 bits per heavy atom. The molecule has 0 aromatic heterocycles. The molecular weight excluding hydrogens is 223 g/mol. The average Bonchev–Trinajstić information content (AvgIpc) is 2.73. The van der Waals surface area contributed by atoms with Gasteiger partial charge in [0.1, 0.15) is 11.9 Å². The van der Waals surface area contributed by atoms with E-state index in [9.17, 15) is 4.39 Å². The lowest BCUT2D eigenvalue weighted by molar-refractivity contribution is 0.360. The average molecular weight is 229 g/mol. The highest BCUT2D eigenvalue weighted by Gasteiger charge is 2.48. The summed E-state index contributed by atoms with van der Waals surface area (Å²) in [4.78, 5) is 0. The van der Waals surface area contributed by atoms with Gasteiger partial charge in [-0.05, 0) is 33.1 Å². The van der Waals surface area contributed by atoms with Crippen molar-refractivity contribution in [1.29, 1.82) is 0 Å². The van der Waals surface area contributed by atoms with E-state index in [-0.39, 0.29) is 11.9 Å². The number of hydrogen-bond donors (Lipinski definition) is 0. The van der Waals surface area contributed by atoms with E-state index >= 15 is 0 Å². The molecule has 3 heteroatoms. The quantitative estimate of drug-likeness (QED) is 0.623. The maximum absolute atomic E-state index is 13.0. The Morgan fingerprint density at radius 3 is 3.17 bits per heavy atom. The van der Waals surface area contributed by atoms with Gasteiger partial charge in [0, 0.05) is 6.42 Å². The van der Waals surface area contributed by atoms with Crippen LogP contribution in [0.15, 0.2) is 16.6 Å². The molecule has 12 heavy (non-hydrogen) atoms. The van der Waals surface area contributed by atoms with Crippen LogP contribution in [-0.2, 0) is 11.2 Å². The van der Waals surface area contributed by atoms with Crippen LogP contribution in [0.2, 0.25) is 0 Å². The van der Waals surface area contributed by atoms with Crippen molar-refractivity contribution in [3.8, 4) is 0 Å². The molecule has 1 heterocycles. The molecule has 1 aliphatic heterocycles. The highest BCUT2D eigenvalue weighted by atomic mass is 79.9. The first-order valence-electron chi connectivity index (χ1n) is 3.89. The van der Waals surface area contributed by atoms with Crippen LogP contribution >= 0.6 is 15.9 Å². The van der Waals surface area contributed by atoms with Crippen molar-refractivity contribution in [2.75, 3.05) is 0 Å². The number of rotatable bonds is 0. The summed E-state index contributed by atoms with van der Waals surface area (Å²) in [6.45, 7) is 0. The zero-order chi connectivity index (χ0) is 8.29. The number of fused-ring (bicyclic) bond motifs is 3. The minimum Gasteiger partial charge on any atom is -0.364 e. The van der Waals surface area contributed by atoms with E-state index in [0.29, 0.717) is 10.6 Å². The van der Waals surface area contributed by atoms with Crippen LogP contribution in [0, 0.1) is 5.82 Å². The Bertz CT molecular complexity index is 364. The lowest BCUT2D eigenvalue weighted by Crippen LogP contribution is -1.93. The molecule has 1 aromatic rings. The second-order valence-electron chi connectivity index (χ2n) is 3.23. The van der Waals surface area contributed by atoms with E-state index in [2.05, 4.69) is 15.9 Å². The summed E-state index contributed by atoms with van der Waals surface area (Å²) in [5.74, 6) is -0.171. The predicted molar refractivity (Wildman–Crippen MR) is 45.4 cm³/mol. The molecule has 62 valence electrons. The van der Waals surface area contributed by atoms with E-state index in [1.54, 1.807) is 0 Å². The molecule has 1 aromatic carbocycles. The van der Waals surface area contributed by atoms with Crippen molar-refractivity contribution < 1.29 is 9.13 Å². The van der Waals surface area contributed by atoms with Gasteiger partial charge in [0.05, 0.1) is 10.6 Å². The van der Waals surface area contributed by atoms with Crippen LogP contribution in [0.3, 0.4) is 0 Å². The third-order valence-electron chi connectivity index (χ3n) is 2.53. The lowest BCUT2D eigenvalue weighted by atomic mass is 10.1. The number of halogens is 2.